The Morgan fingerprint density at radius 3 is 2.45 bits per heavy atom. The van der Waals surface area contributed by atoms with Crippen LogP contribution in [0.3, 0.4) is 0 Å². The van der Waals surface area contributed by atoms with E-state index >= 15 is 0 Å². The summed E-state index contributed by atoms with van der Waals surface area (Å²) in [5.74, 6) is -1.60. The SMILES string of the molecule is Cc1ccc(C)n1-c1c(C(=O)NC(CF)C(=O)O)cnn1C. The minimum Gasteiger partial charge on any atom is -0.480 e. The number of carboxylic acid groups (broad SMARTS) is 1. The molecular formula is C14H17FN4O3. The first-order chi connectivity index (χ1) is 10.4. The number of carboxylic acids is 1. The Morgan fingerprint density at radius 2 is 1.95 bits per heavy atom. The van der Waals surface area contributed by atoms with E-state index in [0.29, 0.717) is 5.82 Å². The molecule has 2 rings (SSSR count). The quantitative estimate of drug-likeness (QED) is 0.861. The Bertz CT molecular complexity index is 700. The number of hydrogen-bond donors (Lipinski definition) is 2. The van der Waals surface area contributed by atoms with Crippen LogP contribution >= 0.6 is 0 Å². The van der Waals surface area contributed by atoms with Crippen LogP contribution in [0.1, 0.15) is 21.7 Å². The van der Waals surface area contributed by atoms with E-state index in [1.165, 1.54) is 10.9 Å². The number of nitrogens with zero attached hydrogens (tertiary/aromatic N) is 3. The molecule has 1 atom stereocenters. The minimum atomic E-state index is -1.58. The van der Waals surface area contributed by atoms with Gasteiger partial charge in [0, 0.05) is 18.4 Å². The predicted molar refractivity (Wildman–Crippen MR) is 76.9 cm³/mol. The van der Waals surface area contributed by atoms with Gasteiger partial charge in [-0.2, -0.15) is 5.10 Å². The van der Waals surface area contributed by atoms with Crippen LogP contribution in [0.4, 0.5) is 4.39 Å². The zero-order valence-electron chi connectivity index (χ0n) is 12.5. The van der Waals surface area contributed by atoms with E-state index in [-0.39, 0.29) is 5.56 Å². The highest BCUT2D eigenvalue weighted by Crippen LogP contribution is 2.19. The summed E-state index contributed by atoms with van der Waals surface area (Å²) in [5.41, 5.74) is 1.98. The molecule has 2 aromatic rings. The largest absolute Gasteiger partial charge is 0.480 e. The molecule has 1 unspecified atom stereocenters. The van der Waals surface area contributed by atoms with Crippen molar-refractivity contribution >= 4 is 11.9 Å². The van der Waals surface area contributed by atoms with Crippen molar-refractivity contribution in [1.82, 2.24) is 19.7 Å². The zero-order chi connectivity index (χ0) is 16.4. The number of carbonyl (C=O) groups is 2. The normalized spacial score (nSPS) is 12.2. The molecule has 0 aliphatic heterocycles. The van der Waals surface area contributed by atoms with E-state index in [0.717, 1.165) is 11.4 Å². The molecule has 1 amide bonds. The third kappa shape index (κ3) is 2.72. The predicted octanol–water partition coefficient (Wildman–Crippen LogP) is 0.980. The minimum absolute atomic E-state index is 0.185. The Balaban J connectivity index is 2.42. The summed E-state index contributed by atoms with van der Waals surface area (Å²) in [4.78, 5) is 23.1. The van der Waals surface area contributed by atoms with Crippen molar-refractivity contribution in [2.45, 2.75) is 19.9 Å². The maximum absolute atomic E-state index is 12.7. The number of carbonyl (C=O) groups excluding carboxylic acids is 1. The molecule has 7 nitrogen and oxygen atoms in total. The van der Waals surface area contributed by atoms with Crippen LogP contribution in [0.25, 0.3) is 5.82 Å². The Hall–Kier alpha value is -2.64. The molecule has 0 bridgehead atoms. The molecular weight excluding hydrogens is 291 g/mol. The number of rotatable bonds is 5. The van der Waals surface area contributed by atoms with Crippen LogP contribution in [0, 0.1) is 13.8 Å². The lowest BCUT2D eigenvalue weighted by Gasteiger charge is -2.14. The fraction of sp³-hybridized carbons (Fsp3) is 0.357. The fourth-order valence-corrected chi connectivity index (χ4v) is 2.26. The van der Waals surface area contributed by atoms with Crippen molar-refractivity contribution in [2.75, 3.05) is 6.67 Å². The van der Waals surface area contributed by atoms with Gasteiger partial charge in [0.1, 0.15) is 18.1 Å². The van der Waals surface area contributed by atoms with Crippen LogP contribution in [-0.4, -0.2) is 44.0 Å². The molecule has 0 fully saturated rings. The van der Waals surface area contributed by atoms with Crippen LogP contribution in [0.2, 0.25) is 0 Å². The second kappa shape index (κ2) is 6.00. The number of aliphatic carboxylic acids is 1. The number of aromatic nitrogens is 3. The lowest BCUT2D eigenvalue weighted by molar-refractivity contribution is -0.139. The Kier molecular flexibility index (Phi) is 4.30. The van der Waals surface area contributed by atoms with E-state index in [2.05, 4.69) is 10.4 Å². The van der Waals surface area contributed by atoms with Gasteiger partial charge in [-0.3, -0.25) is 9.48 Å². The molecule has 0 saturated carbocycles. The summed E-state index contributed by atoms with van der Waals surface area (Å²) in [6.07, 6.45) is 1.33. The van der Waals surface area contributed by atoms with Crippen molar-refractivity contribution in [3.63, 3.8) is 0 Å². The second-order valence-corrected chi connectivity index (χ2v) is 4.98. The van der Waals surface area contributed by atoms with Gasteiger partial charge in [0.2, 0.25) is 0 Å². The lowest BCUT2D eigenvalue weighted by atomic mass is 10.2. The summed E-state index contributed by atoms with van der Waals surface area (Å²) in [6, 6.07) is 2.21. The molecule has 0 saturated heterocycles. The number of halogens is 1. The summed E-state index contributed by atoms with van der Waals surface area (Å²) in [7, 11) is 1.68. The number of amides is 1. The summed E-state index contributed by atoms with van der Waals surface area (Å²) >= 11 is 0. The van der Waals surface area contributed by atoms with E-state index < -0.39 is 24.6 Å². The molecule has 22 heavy (non-hydrogen) atoms. The van der Waals surface area contributed by atoms with Gasteiger partial charge in [-0.1, -0.05) is 0 Å². The van der Waals surface area contributed by atoms with Crippen molar-refractivity contribution in [3.8, 4) is 5.82 Å². The molecule has 0 aliphatic rings. The summed E-state index contributed by atoms with van der Waals surface area (Å²) in [6.45, 7) is 2.57. The van der Waals surface area contributed by atoms with Crippen molar-refractivity contribution < 1.29 is 19.1 Å². The van der Waals surface area contributed by atoms with Gasteiger partial charge in [-0.25, -0.2) is 9.18 Å². The Morgan fingerprint density at radius 1 is 1.36 bits per heavy atom. The molecule has 2 aromatic heterocycles. The molecule has 0 radical (unpaired) electrons. The van der Waals surface area contributed by atoms with E-state index in [1.54, 1.807) is 7.05 Å². The monoisotopic (exact) mass is 308 g/mol. The van der Waals surface area contributed by atoms with Gasteiger partial charge in [0.05, 0.1) is 6.20 Å². The standard InChI is InChI=1S/C14H17FN4O3/c1-8-4-5-9(2)19(8)13-10(7-16-18(13)3)12(20)17-11(6-15)14(21)22/h4-5,7,11H,6H2,1-3H3,(H,17,20)(H,21,22). The molecule has 0 spiro atoms. The van der Waals surface area contributed by atoms with Gasteiger partial charge < -0.3 is 15.0 Å². The molecule has 0 aliphatic carbocycles. The lowest BCUT2D eigenvalue weighted by Crippen LogP contribution is -2.42. The van der Waals surface area contributed by atoms with Crippen LogP contribution in [-0.2, 0) is 11.8 Å². The topological polar surface area (TPSA) is 89.2 Å². The number of hydrogen-bond acceptors (Lipinski definition) is 3. The average molecular weight is 308 g/mol. The number of aryl methyl sites for hydroxylation is 3. The van der Waals surface area contributed by atoms with E-state index in [9.17, 15) is 14.0 Å². The molecule has 8 heteroatoms. The third-order valence-electron chi connectivity index (χ3n) is 3.39. The first-order valence-corrected chi connectivity index (χ1v) is 6.63. The van der Waals surface area contributed by atoms with Crippen molar-refractivity contribution in [3.05, 3.63) is 35.3 Å². The maximum atomic E-state index is 12.7. The number of nitrogens with one attached hydrogen (secondary N) is 1. The first kappa shape index (κ1) is 15.7. The fourth-order valence-electron chi connectivity index (χ4n) is 2.26. The first-order valence-electron chi connectivity index (χ1n) is 6.63. The van der Waals surface area contributed by atoms with Crippen LogP contribution in [0.5, 0.6) is 0 Å². The van der Waals surface area contributed by atoms with Crippen LogP contribution < -0.4 is 5.32 Å². The molecule has 2 heterocycles. The summed E-state index contributed by atoms with van der Waals surface area (Å²) < 4.78 is 16.0. The van der Waals surface area contributed by atoms with E-state index in [4.69, 9.17) is 5.11 Å². The molecule has 118 valence electrons. The third-order valence-corrected chi connectivity index (χ3v) is 3.39. The Labute approximate surface area is 126 Å². The van der Waals surface area contributed by atoms with Gasteiger partial charge in [-0.15, -0.1) is 0 Å². The van der Waals surface area contributed by atoms with Crippen LogP contribution in [0.15, 0.2) is 18.3 Å². The van der Waals surface area contributed by atoms with Gasteiger partial charge in [0.15, 0.2) is 6.04 Å². The van der Waals surface area contributed by atoms with Gasteiger partial charge in [-0.05, 0) is 26.0 Å². The highest BCUT2D eigenvalue weighted by molar-refractivity contribution is 5.99. The summed E-state index contributed by atoms with van der Waals surface area (Å²) in [5, 5.41) is 15.0. The highest BCUT2D eigenvalue weighted by atomic mass is 19.1. The van der Waals surface area contributed by atoms with E-state index in [1.807, 2.05) is 30.5 Å². The van der Waals surface area contributed by atoms with Crippen molar-refractivity contribution in [1.29, 1.82) is 0 Å². The molecule has 2 N–H and O–H groups in total. The number of alkyl halides is 1. The second-order valence-electron chi connectivity index (χ2n) is 4.98. The van der Waals surface area contributed by atoms with Gasteiger partial charge >= 0.3 is 5.97 Å². The van der Waals surface area contributed by atoms with Gasteiger partial charge in [0.25, 0.3) is 5.91 Å². The smallest absolute Gasteiger partial charge is 0.328 e. The average Bonchev–Trinajstić information content (AvgIpc) is 2.98. The molecule has 0 aromatic carbocycles. The highest BCUT2D eigenvalue weighted by Gasteiger charge is 2.25. The maximum Gasteiger partial charge on any atom is 0.328 e. The van der Waals surface area contributed by atoms with Crippen molar-refractivity contribution in [2.24, 2.45) is 7.05 Å². The zero-order valence-corrected chi connectivity index (χ0v) is 12.5.